The number of benzene rings is 2. The van der Waals surface area contributed by atoms with Crippen LogP contribution in [0.3, 0.4) is 0 Å². The quantitative estimate of drug-likeness (QED) is 0.344. The molecule has 0 saturated carbocycles. The van der Waals surface area contributed by atoms with Gasteiger partial charge in [-0.05, 0) is 29.8 Å². The van der Waals surface area contributed by atoms with Gasteiger partial charge in [0.15, 0.2) is 11.2 Å². The fourth-order valence-corrected chi connectivity index (χ4v) is 3.85. The molecule has 188 valence electrons. The number of epoxide rings is 1. The van der Waals surface area contributed by atoms with Crippen molar-refractivity contribution < 1.29 is 27.4 Å². The summed E-state index contributed by atoms with van der Waals surface area (Å²) in [7, 11) is 1.47. The van der Waals surface area contributed by atoms with E-state index < -0.39 is 23.4 Å². The van der Waals surface area contributed by atoms with Gasteiger partial charge < -0.3 is 14.2 Å². The molecule has 2 aromatic carbocycles. The highest BCUT2D eigenvalue weighted by atomic mass is 35.5. The summed E-state index contributed by atoms with van der Waals surface area (Å²) in [6.45, 7) is 0.637. The van der Waals surface area contributed by atoms with E-state index in [1.165, 1.54) is 28.3 Å². The molecule has 1 fully saturated rings. The van der Waals surface area contributed by atoms with Crippen LogP contribution in [0.15, 0.2) is 58.1 Å². The molecule has 3 heterocycles. The standard InChI is InChI=1S/C23H18ClF3N4O5/c1-29-19-18(20(32)31(22(29)33)11-17-12-34-17)30(10-13-5-7-14(24)8-6-13)21(28-19)35-15-3-2-4-16(9-15)36-23(25,26)27/h2-9,17H,10-12H2,1H3. The number of rotatable bonds is 7. The first kappa shape index (κ1) is 23.9. The fraction of sp³-hybridized carbons (Fsp3) is 0.261. The van der Waals surface area contributed by atoms with Gasteiger partial charge in [0.1, 0.15) is 11.5 Å². The minimum atomic E-state index is -4.88. The Bertz CT molecular complexity index is 1560. The Kier molecular flexibility index (Phi) is 6.00. The van der Waals surface area contributed by atoms with Gasteiger partial charge in [0.25, 0.3) is 5.56 Å². The summed E-state index contributed by atoms with van der Waals surface area (Å²) in [4.78, 5) is 30.6. The molecule has 1 saturated heterocycles. The van der Waals surface area contributed by atoms with Gasteiger partial charge in [-0.2, -0.15) is 4.98 Å². The molecule has 0 bridgehead atoms. The summed E-state index contributed by atoms with van der Waals surface area (Å²) < 4.78 is 56.7. The summed E-state index contributed by atoms with van der Waals surface area (Å²) in [5.74, 6) is -0.499. The van der Waals surface area contributed by atoms with Gasteiger partial charge in [0.05, 0.1) is 25.8 Å². The van der Waals surface area contributed by atoms with Crippen molar-refractivity contribution >= 4 is 22.8 Å². The van der Waals surface area contributed by atoms with Crippen molar-refractivity contribution in [3.05, 3.63) is 80.0 Å². The average Bonchev–Trinajstić information content (AvgIpc) is 3.57. The lowest BCUT2D eigenvalue weighted by atomic mass is 10.2. The smallest absolute Gasteiger partial charge is 0.425 e. The Morgan fingerprint density at radius 2 is 1.81 bits per heavy atom. The van der Waals surface area contributed by atoms with E-state index >= 15 is 0 Å². The number of fused-ring (bicyclic) bond motifs is 1. The van der Waals surface area contributed by atoms with Gasteiger partial charge in [-0.1, -0.05) is 29.8 Å². The second kappa shape index (κ2) is 9.03. The predicted molar refractivity (Wildman–Crippen MR) is 123 cm³/mol. The Labute approximate surface area is 205 Å². The maximum Gasteiger partial charge on any atom is 0.573 e. The maximum atomic E-state index is 13.4. The summed E-state index contributed by atoms with van der Waals surface area (Å²) >= 11 is 5.99. The number of nitrogens with zero attached hydrogens (tertiary/aromatic N) is 4. The van der Waals surface area contributed by atoms with E-state index in [9.17, 15) is 22.8 Å². The molecule has 2 aromatic heterocycles. The number of imidazole rings is 1. The topological polar surface area (TPSA) is 92.8 Å². The molecule has 1 atom stereocenters. The van der Waals surface area contributed by atoms with Crippen LogP contribution in [0.1, 0.15) is 5.56 Å². The first-order chi connectivity index (χ1) is 17.1. The Morgan fingerprint density at radius 3 is 2.47 bits per heavy atom. The monoisotopic (exact) mass is 522 g/mol. The summed E-state index contributed by atoms with van der Waals surface area (Å²) in [6, 6.07) is 11.6. The zero-order valence-electron chi connectivity index (χ0n) is 18.7. The fourth-order valence-electron chi connectivity index (χ4n) is 3.73. The van der Waals surface area contributed by atoms with Gasteiger partial charge in [-0.25, -0.2) is 4.79 Å². The number of aryl methyl sites for hydroxylation is 1. The molecule has 13 heteroatoms. The van der Waals surface area contributed by atoms with Gasteiger partial charge >= 0.3 is 18.1 Å². The first-order valence-electron chi connectivity index (χ1n) is 10.7. The highest BCUT2D eigenvalue weighted by molar-refractivity contribution is 6.30. The van der Waals surface area contributed by atoms with Crippen LogP contribution in [0.4, 0.5) is 13.2 Å². The Morgan fingerprint density at radius 1 is 1.11 bits per heavy atom. The average molecular weight is 523 g/mol. The van der Waals surface area contributed by atoms with Gasteiger partial charge in [-0.15, -0.1) is 13.2 Å². The third-order valence-corrected chi connectivity index (χ3v) is 5.74. The van der Waals surface area contributed by atoms with Crippen molar-refractivity contribution in [1.29, 1.82) is 0 Å². The highest BCUT2D eigenvalue weighted by Gasteiger charge is 2.31. The molecule has 0 radical (unpaired) electrons. The molecule has 5 rings (SSSR count). The molecule has 1 aliphatic rings. The van der Waals surface area contributed by atoms with Crippen LogP contribution in [-0.2, 0) is 24.9 Å². The molecule has 0 N–H and O–H groups in total. The molecular weight excluding hydrogens is 505 g/mol. The molecule has 0 amide bonds. The normalized spacial score (nSPS) is 15.3. The van der Waals surface area contributed by atoms with E-state index in [4.69, 9.17) is 21.1 Å². The number of hydrogen-bond acceptors (Lipinski definition) is 6. The minimum absolute atomic E-state index is 0.0129. The number of aromatic nitrogens is 4. The number of hydrogen-bond donors (Lipinski definition) is 0. The van der Waals surface area contributed by atoms with Crippen LogP contribution >= 0.6 is 11.6 Å². The van der Waals surface area contributed by atoms with E-state index in [1.807, 2.05) is 0 Å². The first-order valence-corrected chi connectivity index (χ1v) is 11.1. The van der Waals surface area contributed by atoms with Crippen LogP contribution in [0.5, 0.6) is 17.5 Å². The van der Waals surface area contributed by atoms with Crippen molar-refractivity contribution in [3.63, 3.8) is 0 Å². The molecule has 1 aliphatic heterocycles. The second-order valence-corrected chi connectivity index (χ2v) is 8.55. The number of alkyl halides is 3. The molecule has 36 heavy (non-hydrogen) atoms. The van der Waals surface area contributed by atoms with Gasteiger partial charge in [0, 0.05) is 18.1 Å². The highest BCUT2D eigenvalue weighted by Crippen LogP contribution is 2.30. The van der Waals surface area contributed by atoms with Crippen molar-refractivity contribution in [1.82, 2.24) is 18.7 Å². The van der Waals surface area contributed by atoms with Crippen LogP contribution in [0, 0.1) is 0 Å². The van der Waals surface area contributed by atoms with Gasteiger partial charge in [-0.3, -0.25) is 18.5 Å². The summed E-state index contributed by atoms with van der Waals surface area (Å²) in [6.07, 6.45) is -5.11. The number of ether oxygens (including phenoxy) is 3. The van der Waals surface area contributed by atoms with E-state index in [2.05, 4.69) is 9.72 Å². The van der Waals surface area contributed by atoms with E-state index in [-0.39, 0.29) is 42.1 Å². The summed E-state index contributed by atoms with van der Waals surface area (Å²) in [5, 5.41) is 0.515. The predicted octanol–water partition coefficient (Wildman–Crippen LogP) is 3.69. The van der Waals surface area contributed by atoms with Crippen LogP contribution in [0.2, 0.25) is 5.02 Å². The minimum Gasteiger partial charge on any atom is -0.425 e. The third-order valence-electron chi connectivity index (χ3n) is 5.49. The Balaban J connectivity index is 1.64. The SMILES string of the molecule is Cn1c(=O)n(CC2CO2)c(=O)c2c1nc(Oc1cccc(OC(F)(F)F)c1)n2Cc1ccc(Cl)cc1. The largest absolute Gasteiger partial charge is 0.573 e. The van der Waals surface area contributed by atoms with E-state index in [0.717, 1.165) is 22.3 Å². The third kappa shape index (κ3) is 4.95. The number of halogens is 4. The van der Waals surface area contributed by atoms with Crippen LogP contribution < -0.4 is 20.7 Å². The lowest BCUT2D eigenvalue weighted by molar-refractivity contribution is -0.274. The van der Waals surface area contributed by atoms with Crippen molar-refractivity contribution in [3.8, 4) is 17.5 Å². The van der Waals surface area contributed by atoms with E-state index in [1.54, 1.807) is 24.3 Å². The van der Waals surface area contributed by atoms with Crippen molar-refractivity contribution in [2.45, 2.75) is 25.6 Å². The maximum absolute atomic E-state index is 13.4. The molecule has 4 aromatic rings. The van der Waals surface area contributed by atoms with Gasteiger partial charge in [0.2, 0.25) is 0 Å². The Hall–Kier alpha value is -3.77. The van der Waals surface area contributed by atoms with Crippen LogP contribution in [0.25, 0.3) is 11.2 Å². The van der Waals surface area contributed by atoms with E-state index in [0.29, 0.717) is 11.6 Å². The lowest BCUT2D eigenvalue weighted by Gasteiger charge is -2.12. The van der Waals surface area contributed by atoms with Crippen molar-refractivity contribution in [2.24, 2.45) is 7.05 Å². The van der Waals surface area contributed by atoms with Crippen molar-refractivity contribution in [2.75, 3.05) is 6.61 Å². The zero-order valence-corrected chi connectivity index (χ0v) is 19.4. The van der Waals surface area contributed by atoms with Crippen LogP contribution in [-0.4, -0.2) is 37.8 Å². The molecule has 1 unspecified atom stereocenters. The second-order valence-electron chi connectivity index (χ2n) is 8.12. The molecule has 0 aliphatic carbocycles. The molecule has 0 spiro atoms. The lowest BCUT2D eigenvalue weighted by Crippen LogP contribution is -2.40. The molecular formula is C23H18ClF3N4O5. The molecule has 9 nitrogen and oxygen atoms in total. The zero-order chi connectivity index (χ0) is 25.6. The summed E-state index contributed by atoms with van der Waals surface area (Å²) in [5.41, 5.74) is -0.279.